The zero-order chi connectivity index (χ0) is 31.7. The van der Waals surface area contributed by atoms with E-state index in [9.17, 15) is 19.7 Å². The quantitative estimate of drug-likeness (QED) is 0.135. The number of nitro benzene ring substituents is 1. The van der Waals surface area contributed by atoms with Gasteiger partial charge in [-0.1, -0.05) is 29.0 Å². The number of aromatic nitrogens is 1. The fourth-order valence-corrected chi connectivity index (χ4v) is 6.13. The number of furan rings is 1. The van der Waals surface area contributed by atoms with Crippen LogP contribution >= 0.6 is 22.9 Å². The van der Waals surface area contributed by atoms with Gasteiger partial charge >= 0.3 is 5.97 Å². The zero-order valence-corrected chi connectivity index (χ0v) is 26.0. The van der Waals surface area contributed by atoms with Gasteiger partial charge in [0.15, 0.2) is 16.3 Å². The number of non-ortho nitro benzene ring substituents is 1. The first-order valence-electron chi connectivity index (χ1n) is 13.6. The van der Waals surface area contributed by atoms with Crippen LogP contribution in [0.15, 0.2) is 74.0 Å². The van der Waals surface area contributed by atoms with Crippen molar-refractivity contribution in [2.24, 2.45) is 4.99 Å². The number of hydrogen-bond acceptors (Lipinski definition) is 10. The van der Waals surface area contributed by atoms with E-state index in [2.05, 4.69) is 4.99 Å². The predicted molar refractivity (Wildman–Crippen MR) is 165 cm³/mol. The largest absolute Gasteiger partial charge is 0.493 e. The summed E-state index contributed by atoms with van der Waals surface area (Å²) in [7, 11) is 1.52. The number of methoxy groups -OCH3 is 1. The van der Waals surface area contributed by atoms with E-state index < -0.39 is 16.9 Å². The Kier molecular flexibility index (Phi) is 8.75. The van der Waals surface area contributed by atoms with Gasteiger partial charge in [-0.05, 0) is 63.6 Å². The van der Waals surface area contributed by atoms with E-state index in [0.717, 1.165) is 11.3 Å². The molecule has 5 rings (SSSR count). The second-order valence-corrected chi connectivity index (χ2v) is 11.4. The minimum Gasteiger partial charge on any atom is -0.493 e. The molecule has 0 saturated heterocycles. The van der Waals surface area contributed by atoms with Crippen molar-refractivity contribution in [3.63, 3.8) is 0 Å². The third-order valence-corrected chi connectivity index (χ3v) is 8.01. The van der Waals surface area contributed by atoms with Gasteiger partial charge in [-0.3, -0.25) is 19.5 Å². The number of carbonyl (C=O) groups excluding carboxylic acids is 1. The average molecular weight is 638 g/mol. The van der Waals surface area contributed by atoms with Crippen molar-refractivity contribution in [1.82, 2.24) is 4.57 Å². The van der Waals surface area contributed by atoms with Gasteiger partial charge in [0.05, 0.1) is 51.6 Å². The molecule has 0 aliphatic carbocycles. The highest BCUT2D eigenvalue weighted by molar-refractivity contribution is 7.07. The maximum absolute atomic E-state index is 14.0. The summed E-state index contributed by atoms with van der Waals surface area (Å²) in [4.78, 5) is 42.7. The third kappa shape index (κ3) is 5.90. The van der Waals surface area contributed by atoms with Crippen molar-refractivity contribution in [3.05, 3.63) is 106 Å². The second kappa shape index (κ2) is 12.5. The fraction of sp³-hybridized carbons (Fsp3) is 0.258. The maximum atomic E-state index is 14.0. The molecule has 0 amide bonds. The van der Waals surface area contributed by atoms with Crippen molar-refractivity contribution in [1.29, 1.82) is 0 Å². The maximum Gasteiger partial charge on any atom is 0.338 e. The SMILES string of the molecule is CCOC(=O)C1=C(C)N=c2s/c(=C\c3ccc(-c4ccc([N+](=O)[O-])cc4Cl)o3)c(=O)n2[C@H]1c1ccc(OC(C)C)c(OC)c1. The molecule has 3 heterocycles. The molecule has 0 fully saturated rings. The zero-order valence-electron chi connectivity index (χ0n) is 24.5. The number of halogens is 1. The molecule has 0 bridgehead atoms. The number of rotatable bonds is 9. The molecular formula is C31H28ClN3O8S. The van der Waals surface area contributed by atoms with Crippen molar-refractivity contribution < 1.29 is 28.3 Å². The van der Waals surface area contributed by atoms with E-state index in [1.807, 2.05) is 13.8 Å². The Labute approximate surface area is 260 Å². The third-order valence-electron chi connectivity index (χ3n) is 6.71. The molecule has 0 N–H and O–H groups in total. The molecule has 0 saturated carbocycles. The Morgan fingerprint density at radius 1 is 1.20 bits per heavy atom. The lowest BCUT2D eigenvalue weighted by atomic mass is 9.95. The summed E-state index contributed by atoms with van der Waals surface area (Å²) in [5.41, 5.74) is 1.21. The van der Waals surface area contributed by atoms with E-state index in [4.69, 9.17) is 30.2 Å². The van der Waals surface area contributed by atoms with Crippen LogP contribution in [0.2, 0.25) is 5.02 Å². The normalized spacial score (nSPS) is 14.8. The second-order valence-electron chi connectivity index (χ2n) is 10.0. The first kappa shape index (κ1) is 30.8. The molecule has 0 spiro atoms. The number of esters is 1. The standard InChI is InChI=1S/C31H28ClN3O8S/c1-6-41-30(37)27-17(4)33-31-34(28(27)18-7-11-24(42-16(2)3)25(13-18)40-5)29(36)26(44-31)15-20-9-12-23(43-20)21-10-8-19(35(38)39)14-22(21)32/h7-16,28H,6H2,1-5H3/b26-15-/t28-/m0/s1. The highest BCUT2D eigenvalue weighted by Crippen LogP contribution is 2.37. The molecule has 0 radical (unpaired) electrons. The van der Waals surface area contributed by atoms with Crippen LogP contribution in [0.4, 0.5) is 5.69 Å². The number of thiazole rings is 1. The molecule has 1 aliphatic rings. The summed E-state index contributed by atoms with van der Waals surface area (Å²) in [5.74, 6) is 1.13. The fourth-order valence-electron chi connectivity index (χ4n) is 4.83. The van der Waals surface area contributed by atoms with Crippen LogP contribution < -0.4 is 24.4 Å². The van der Waals surface area contributed by atoms with Crippen LogP contribution in [0.3, 0.4) is 0 Å². The summed E-state index contributed by atoms with van der Waals surface area (Å²) in [6.45, 7) is 7.37. The molecule has 11 nitrogen and oxygen atoms in total. The lowest BCUT2D eigenvalue weighted by Gasteiger charge is -2.25. The van der Waals surface area contributed by atoms with Crippen LogP contribution in [0.5, 0.6) is 11.5 Å². The monoisotopic (exact) mass is 637 g/mol. The molecule has 228 valence electrons. The van der Waals surface area contributed by atoms with E-state index in [1.54, 1.807) is 50.3 Å². The average Bonchev–Trinajstić information content (AvgIpc) is 3.56. The van der Waals surface area contributed by atoms with Gasteiger partial charge in [0.2, 0.25) is 0 Å². The predicted octanol–water partition coefficient (Wildman–Crippen LogP) is 5.42. The number of carbonyl (C=O) groups is 1. The number of nitro groups is 1. The summed E-state index contributed by atoms with van der Waals surface area (Å²) in [5, 5.41) is 11.2. The molecule has 1 atom stereocenters. The number of nitrogens with zero attached hydrogens (tertiary/aromatic N) is 3. The van der Waals surface area contributed by atoms with Crippen molar-refractivity contribution in [3.8, 4) is 22.8 Å². The van der Waals surface area contributed by atoms with Crippen molar-refractivity contribution in [2.45, 2.75) is 39.8 Å². The van der Waals surface area contributed by atoms with Crippen LogP contribution in [0, 0.1) is 10.1 Å². The molecule has 13 heteroatoms. The Bertz CT molecular complexity index is 1990. The first-order chi connectivity index (χ1) is 21.0. The minimum atomic E-state index is -0.847. The molecule has 2 aromatic carbocycles. The minimum absolute atomic E-state index is 0.0943. The van der Waals surface area contributed by atoms with Gasteiger partial charge in [-0.2, -0.15) is 0 Å². The molecule has 4 aromatic rings. The van der Waals surface area contributed by atoms with E-state index in [1.165, 1.54) is 29.9 Å². The van der Waals surface area contributed by atoms with E-state index in [-0.39, 0.29) is 34.6 Å². The molecular weight excluding hydrogens is 610 g/mol. The number of allylic oxidation sites excluding steroid dienone is 1. The summed E-state index contributed by atoms with van der Waals surface area (Å²) < 4.78 is 24.5. The van der Waals surface area contributed by atoms with Crippen LogP contribution in [0.25, 0.3) is 17.4 Å². The first-order valence-corrected chi connectivity index (χ1v) is 14.8. The summed E-state index contributed by atoms with van der Waals surface area (Å²) >= 11 is 7.43. The van der Waals surface area contributed by atoms with Crippen LogP contribution in [-0.2, 0) is 9.53 Å². The Hall–Kier alpha value is -4.68. The summed E-state index contributed by atoms with van der Waals surface area (Å²) in [6.07, 6.45) is 1.48. The van der Waals surface area contributed by atoms with Gasteiger partial charge in [-0.25, -0.2) is 9.79 Å². The molecule has 1 aliphatic heterocycles. The van der Waals surface area contributed by atoms with Gasteiger partial charge in [0.25, 0.3) is 11.2 Å². The lowest BCUT2D eigenvalue weighted by molar-refractivity contribution is -0.384. The Morgan fingerprint density at radius 3 is 2.64 bits per heavy atom. The molecule has 2 aromatic heterocycles. The Morgan fingerprint density at radius 2 is 1.98 bits per heavy atom. The van der Waals surface area contributed by atoms with Gasteiger partial charge < -0.3 is 18.6 Å². The van der Waals surface area contributed by atoms with Gasteiger partial charge in [-0.15, -0.1) is 0 Å². The summed E-state index contributed by atoms with van der Waals surface area (Å²) in [6, 6.07) is 11.8. The highest BCUT2D eigenvalue weighted by atomic mass is 35.5. The lowest BCUT2D eigenvalue weighted by Crippen LogP contribution is -2.40. The van der Waals surface area contributed by atoms with Crippen molar-refractivity contribution >= 4 is 40.7 Å². The molecule has 44 heavy (non-hydrogen) atoms. The van der Waals surface area contributed by atoms with E-state index >= 15 is 0 Å². The van der Waals surface area contributed by atoms with Crippen LogP contribution in [0.1, 0.15) is 45.1 Å². The van der Waals surface area contributed by atoms with Crippen LogP contribution in [-0.4, -0.2) is 35.3 Å². The topological polar surface area (TPSA) is 135 Å². The number of benzene rings is 2. The highest BCUT2D eigenvalue weighted by Gasteiger charge is 2.34. The van der Waals surface area contributed by atoms with Gasteiger partial charge in [0.1, 0.15) is 11.5 Å². The Balaban J connectivity index is 1.62. The number of ether oxygens (including phenoxy) is 3. The van der Waals surface area contributed by atoms with Crippen molar-refractivity contribution in [2.75, 3.05) is 13.7 Å². The van der Waals surface area contributed by atoms with Gasteiger partial charge in [0, 0.05) is 23.8 Å². The van der Waals surface area contributed by atoms with E-state index in [0.29, 0.717) is 49.2 Å². The number of hydrogen-bond donors (Lipinski definition) is 0. The molecule has 0 unspecified atom stereocenters. The smallest absolute Gasteiger partial charge is 0.338 e. The number of fused-ring (bicyclic) bond motifs is 1.